The van der Waals surface area contributed by atoms with Crippen molar-refractivity contribution in [3.8, 4) is 5.75 Å². The van der Waals surface area contributed by atoms with Gasteiger partial charge in [-0.2, -0.15) is 0 Å². The average molecular weight is 269 g/mol. The van der Waals surface area contributed by atoms with Crippen LogP contribution in [0.3, 0.4) is 0 Å². The molecule has 1 atom stereocenters. The Balaban J connectivity index is 1.94. The van der Waals surface area contributed by atoms with Gasteiger partial charge in [0.15, 0.2) is 11.6 Å². The van der Waals surface area contributed by atoms with Crippen molar-refractivity contribution in [3.63, 3.8) is 0 Å². The van der Waals surface area contributed by atoms with Crippen molar-refractivity contribution in [2.75, 3.05) is 33.4 Å². The summed E-state index contributed by atoms with van der Waals surface area (Å²) in [5.74, 6) is -1.80. The lowest BCUT2D eigenvalue weighted by Gasteiger charge is -2.29. The minimum Gasteiger partial charge on any atom is -0.488 e. The Labute approximate surface area is 110 Å². The van der Waals surface area contributed by atoms with Gasteiger partial charge >= 0.3 is 5.97 Å². The van der Waals surface area contributed by atoms with Gasteiger partial charge in [0.2, 0.25) is 0 Å². The minimum absolute atomic E-state index is 0.0434. The van der Waals surface area contributed by atoms with E-state index in [2.05, 4.69) is 4.90 Å². The summed E-state index contributed by atoms with van der Waals surface area (Å²) in [7, 11) is 1.98. The molecule has 0 amide bonds. The molecule has 0 aromatic heterocycles. The molecule has 1 aromatic carbocycles. The fraction of sp³-hybridized carbons (Fsp3) is 0.462. The van der Waals surface area contributed by atoms with E-state index >= 15 is 0 Å². The lowest BCUT2D eigenvalue weighted by atomic mass is 10.2. The number of carbonyl (C=O) groups is 1. The number of hydrogen-bond acceptors (Lipinski definition) is 4. The first-order chi connectivity index (χ1) is 9.06. The van der Waals surface area contributed by atoms with Crippen LogP contribution >= 0.6 is 0 Å². The Morgan fingerprint density at radius 3 is 3.05 bits per heavy atom. The summed E-state index contributed by atoms with van der Waals surface area (Å²) < 4.78 is 24.4. The molecule has 1 aromatic rings. The van der Waals surface area contributed by atoms with E-state index in [1.165, 1.54) is 12.1 Å². The summed E-state index contributed by atoms with van der Waals surface area (Å²) in [5, 5.41) is 8.73. The van der Waals surface area contributed by atoms with Crippen LogP contribution in [0.2, 0.25) is 0 Å². The number of hydrogen-bond donors (Lipinski definition) is 1. The van der Waals surface area contributed by atoms with Crippen LogP contribution in [0.1, 0.15) is 10.4 Å². The summed E-state index contributed by atoms with van der Waals surface area (Å²) in [5.41, 5.74) is -0.0986. The van der Waals surface area contributed by atoms with Crippen LogP contribution < -0.4 is 4.74 Å². The van der Waals surface area contributed by atoms with Crippen molar-refractivity contribution in [2.45, 2.75) is 6.10 Å². The van der Waals surface area contributed by atoms with Gasteiger partial charge in [0.05, 0.1) is 12.2 Å². The van der Waals surface area contributed by atoms with Crippen molar-refractivity contribution < 1.29 is 23.8 Å². The standard InChI is InChI=1S/C13H16FNO4/c1-15-4-5-18-10(7-15)8-19-12-3-2-9(13(16)17)6-11(12)14/h2-3,6,10H,4-5,7-8H2,1H3,(H,16,17). The molecule has 1 N–H and O–H groups in total. The molecule has 1 heterocycles. The van der Waals surface area contributed by atoms with Crippen LogP contribution in [-0.4, -0.2) is 55.4 Å². The Morgan fingerprint density at radius 1 is 1.63 bits per heavy atom. The molecule has 0 bridgehead atoms. The lowest BCUT2D eigenvalue weighted by molar-refractivity contribution is -0.0408. The summed E-state index contributed by atoms with van der Waals surface area (Å²) in [4.78, 5) is 12.8. The maximum atomic E-state index is 13.6. The van der Waals surface area contributed by atoms with E-state index in [0.29, 0.717) is 6.61 Å². The SMILES string of the molecule is CN1CCOC(COc2ccc(C(=O)O)cc2F)C1. The molecule has 2 rings (SSSR count). The molecule has 19 heavy (non-hydrogen) atoms. The van der Waals surface area contributed by atoms with E-state index in [0.717, 1.165) is 19.2 Å². The molecule has 1 saturated heterocycles. The monoisotopic (exact) mass is 269 g/mol. The van der Waals surface area contributed by atoms with Gasteiger partial charge in [-0.15, -0.1) is 0 Å². The van der Waals surface area contributed by atoms with Crippen LogP contribution in [-0.2, 0) is 4.74 Å². The van der Waals surface area contributed by atoms with E-state index in [-0.39, 0.29) is 24.0 Å². The van der Waals surface area contributed by atoms with Gasteiger partial charge < -0.3 is 19.5 Å². The molecule has 1 fully saturated rings. The number of aromatic carboxylic acids is 1. The molecule has 1 unspecified atom stereocenters. The van der Waals surface area contributed by atoms with Gasteiger partial charge in [-0.1, -0.05) is 0 Å². The van der Waals surface area contributed by atoms with Gasteiger partial charge in [-0.05, 0) is 25.2 Å². The van der Waals surface area contributed by atoms with Gasteiger partial charge in [0, 0.05) is 13.1 Å². The summed E-state index contributed by atoms with van der Waals surface area (Å²) >= 11 is 0. The maximum Gasteiger partial charge on any atom is 0.335 e. The quantitative estimate of drug-likeness (QED) is 0.891. The Hall–Kier alpha value is -1.66. The molecule has 6 heteroatoms. The summed E-state index contributed by atoms with van der Waals surface area (Å²) in [6.45, 7) is 2.48. The number of halogens is 1. The minimum atomic E-state index is -1.16. The number of morpholine rings is 1. The molecule has 0 aliphatic carbocycles. The predicted molar refractivity (Wildman–Crippen MR) is 66.1 cm³/mol. The fourth-order valence-electron chi connectivity index (χ4n) is 1.90. The molecule has 5 nitrogen and oxygen atoms in total. The van der Waals surface area contributed by atoms with E-state index in [9.17, 15) is 9.18 Å². The van der Waals surface area contributed by atoms with Crippen molar-refractivity contribution >= 4 is 5.97 Å². The third kappa shape index (κ3) is 3.65. The first-order valence-corrected chi connectivity index (χ1v) is 6.02. The lowest BCUT2D eigenvalue weighted by Crippen LogP contribution is -2.42. The molecule has 0 radical (unpaired) electrons. The largest absolute Gasteiger partial charge is 0.488 e. The van der Waals surface area contributed by atoms with Crippen molar-refractivity contribution in [2.24, 2.45) is 0 Å². The highest BCUT2D eigenvalue weighted by Gasteiger charge is 2.19. The topological polar surface area (TPSA) is 59.0 Å². The van der Waals surface area contributed by atoms with Crippen LogP contribution in [0, 0.1) is 5.82 Å². The highest BCUT2D eigenvalue weighted by atomic mass is 19.1. The van der Waals surface area contributed by atoms with E-state index in [1.807, 2.05) is 7.05 Å². The second-order valence-corrected chi connectivity index (χ2v) is 4.52. The van der Waals surface area contributed by atoms with Crippen molar-refractivity contribution in [1.29, 1.82) is 0 Å². The van der Waals surface area contributed by atoms with Crippen LogP contribution in [0.15, 0.2) is 18.2 Å². The zero-order valence-corrected chi connectivity index (χ0v) is 10.6. The van der Waals surface area contributed by atoms with Crippen LogP contribution in [0.5, 0.6) is 5.75 Å². The number of rotatable bonds is 4. The number of nitrogens with zero attached hydrogens (tertiary/aromatic N) is 1. The van der Waals surface area contributed by atoms with E-state index in [4.69, 9.17) is 14.6 Å². The third-order valence-corrected chi connectivity index (χ3v) is 2.95. The number of benzene rings is 1. The fourth-order valence-corrected chi connectivity index (χ4v) is 1.90. The van der Waals surface area contributed by atoms with E-state index in [1.54, 1.807) is 0 Å². The highest BCUT2D eigenvalue weighted by molar-refractivity contribution is 5.87. The van der Waals surface area contributed by atoms with Gasteiger partial charge in [-0.3, -0.25) is 0 Å². The zero-order chi connectivity index (χ0) is 13.8. The molecule has 0 saturated carbocycles. The second kappa shape index (κ2) is 5.99. The Morgan fingerprint density at radius 2 is 2.42 bits per heavy atom. The van der Waals surface area contributed by atoms with Crippen LogP contribution in [0.4, 0.5) is 4.39 Å². The van der Waals surface area contributed by atoms with Gasteiger partial charge in [-0.25, -0.2) is 9.18 Å². The zero-order valence-electron chi connectivity index (χ0n) is 10.6. The molecular formula is C13H16FNO4. The van der Waals surface area contributed by atoms with E-state index < -0.39 is 11.8 Å². The molecule has 1 aliphatic rings. The molecule has 0 spiro atoms. The Kier molecular flexibility index (Phi) is 4.34. The number of likely N-dealkylation sites (N-methyl/N-ethyl adjacent to an activating group) is 1. The normalized spacial score (nSPS) is 20.2. The van der Waals surface area contributed by atoms with Gasteiger partial charge in [0.25, 0.3) is 0 Å². The van der Waals surface area contributed by atoms with Crippen LogP contribution in [0.25, 0.3) is 0 Å². The summed E-state index contributed by atoms with van der Waals surface area (Å²) in [6.07, 6.45) is -0.0997. The highest BCUT2D eigenvalue weighted by Crippen LogP contribution is 2.19. The second-order valence-electron chi connectivity index (χ2n) is 4.52. The number of carboxylic acids is 1. The maximum absolute atomic E-state index is 13.6. The number of carboxylic acid groups (broad SMARTS) is 1. The summed E-state index contributed by atoms with van der Waals surface area (Å²) in [6, 6.07) is 3.59. The third-order valence-electron chi connectivity index (χ3n) is 2.95. The number of ether oxygens (including phenoxy) is 2. The Bertz CT molecular complexity index is 466. The smallest absolute Gasteiger partial charge is 0.335 e. The van der Waals surface area contributed by atoms with Crippen molar-refractivity contribution in [3.05, 3.63) is 29.6 Å². The average Bonchev–Trinajstić information content (AvgIpc) is 2.37. The van der Waals surface area contributed by atoms with Crippen molar-refractivity contribution in [1.82, 2.24) is 4.90 Å². The first kappa shape index (κ1) is 13.8. The molecule has 104 valence electrons. The molecule has 1 aliphatic heterocycles. The first-order valence-electron chi connectivity index (χ1n) is 6.02. The molecular weight excluding hydrogens is 253 g/mol. The van der Waals surface area contributed by atoms with Gasteiger partial charge in [0.1, 0.15) is 12.7 Å². The predicted octanol–water partition coefficient (Wildman–Crippen LogP) is 1.23.